The fourth-order valence-corrected chi connectivity index (χ4v) is 16.3. The minimum atomic E-state index is -0.0488. The Kier molecular flexibility index (Phi) is 7.63. The van der Waals surface area contributed by atoms with Crippen LogP contribution in [0.2, 0.25) is 0 Å². The lowest BCUT2D eigenvalue weighted by atomic mass is 9.59. The number of methoxy groups -OCH3 is 1. The summed E-state index contributed by atoms with van der Waals surface area (Å²) in [4.78, 5) is 27.9. The highest BCUT2D eigenvalue weighted by molar-refractivity contribution is 5.72. The van der Waals surface area contributed by atoms with Gasteiger partial charge in [0.05, 0.1) is 19.6 Å². The van der Waals surface area contributed by atoms with E-state index in [4.69, 9.17) is 4.74 Å². The van der Waals surface area contributed by atoms with Crippen LogP contribution in [-0.4, -0.2) is 44.7 Å². The van der Waals surface area contributed by atoms with Crippen LogP contribution >= 0.6 is 0 Å². The minimum absolute atomic E-state index is 0.0424. The average Bonchev–Trinajstić information content (AvgIpc) is 3.88. The second-order valence-corrected chi connectivity index (χ2v) is 20.0. The average molecular weight is 647 g/mol. The summed E-state index contributed by atoms with van der Waals surface area (Å²) in [5, 5.41) is 3.68. The topological polar surface area (TPSA) is 59.0 Å². The molecule has 4 spiro atoms. The maximum atomic E-state index is 13.2. The Morgan fingerprint density at radius 1 is 0.957 bits per heavy atom. The molecule has 9 aliphatic rings. The number of rotatable bonds is 8. The van der Waals surface area contributed by atoms with E-state index in [0.29, 0.717) is 34.1 Å². The van der Waals surface area contributed by atoms with Crippen molar-refractivity contribution >= 4 is 5.97 Å². The molecule has 5 nitrogen and oxygen atoms in total. The molecule has 9 rings (SSSR count). The molecule has 3 bridgehead atoms. The third-order valence-electron chi connectivity index (χ3n) is 18.9. The second kappa shape index (κ2) is 10.9. The molecule has 0 aromatic heterocycles. The van der Waals surface area contributed by atoms with Gasteiger partial charge in [-0.2, -0.15) is 4.91 Å². The number of fused-ring (bicyclic) bond motifs is 5. The van der Waals surface area contributed by atoms with Gasteiger partial charge < -0.3 is 9.64 Å². The molecule has 9 aliphatic carbocycles. The van der Waals surface area contributed by atoms with E-state index >= 15 is 0 Å². The lowest BCUT2D eigenvalue weighted by molar-refractivity contribution is -0.146. The van der Waals surface area contributed by atoms with Gasteiger partial charge in [0.2, 0.25) is 0 Å². The first-order chi connectivity index (χ1) is 22.4. The normalized spacial score (nSPS) is 53.8. The lowest BCUT2D eigenvalue weighted by Gasteiger charge is -2.46. The van der Waals surface area contributed by atoms with Gasteiger partial charge in [0.15, 0.2) is 0 Å². The molecule has 9 saturated carbocycles. The van der Waals surface area contributed by atoms with E-state index in [0.717, 1.165) is 67.2 Å². The van der Waals surface area contributed by atoms with Crippen LogP contribution in [0.1, 0.15) is 130 Å². The summed E-state index contributed by atoms with van der Waals surface area (Å²) >= 11 is 0. The predicted octanol–water partition coefficient (Wildman–Crippen LogP) is 9.69. The van der Waals surface area contributed by atoms with E-state index in [1.165, 1.54) is 83.5 Å². The molecule has 0 N–H and O–H groups in total. The van der Waals surface area contributed by atoms with Crippen LogP contribution in [0.4, 0.5) is 0 Å². The van der Waals surface area contributed by atoms with Crippen molar-refractivity contribution < 1.29 is 9.53 Å². The number of allylic oxidation sites excluding steroid dienone is 1. The fraction of sp³-hybridized carbons (Fsp3) is 0.929. The number of carbonyl (C=O) groups excluding carboxylic acids is 1. The van der Waals surface area contributed by atoms with Gasteiger partial charge in [-0.05, 0) is 192 Å². The van der Waals surface area contributed by atoms with E-state index < -0.39 is 0 Å². The molecular formula is C42H66N2O3. The molecule has 262 valence electrons. The molecule has 15 atom stereocenters. The Morgan fingerprint density at radius 2 is 1.72 bits per heavy atom. The largest absolute Gasteiger partial charge is 0.469 e. The lowest BCUT2D eigenvalue weighted by Crippen LogP contribution is -2.41. The monoisotopic (exact) mass is 647 g/mol. The molecule has 47 heavy (non-hydrogen) atoms. The van der Waals surface area contributed by atoms with E-state index in [1.807, 2.05) is 0 Å². The summed E-state index contributed by atoms with van der Waals surface area (Å²) in [6.07, 6.45) is 24.2. The fourth-order valence-electron chi connectivity index (χ4n) is 16.3. The third-order valence-corrected chi connectivity index (χ3v) is 18.9. The Morgan fingerprint density at radius 3 is 2.43 bits per heavy atom. The number of ether oxygens (including phenoxy) is 1. The number of carbonyl (C=O) groups is 1. The highest BCUT2D eigenvalue weighted by atomic mass is 16.5. The molecule has 0 saturated heterocycles. The van der Waals surface area contributed by atoms with Crippen molar-refractivity contribution in [3.63, 3.8) is 0 Å². The van der Waals surface area contributed by atoms with E-state index in [1.54, 1.807) is 7.11 Å². The molecule has 9 fully saturated rings. The van der Waals surface area contributed by atoms with Crippen molar-refractivity contribution in [2.75, 3.05) is 27.7 Å². The zero-order valence-electron chi connectivity index (χ0n) is 30.8. The first-order valence-corrected chi connectivity index (χ1v) is 20.1. The smallest absolute Gasteiger partial charge is 0.308 e. The number of nitrogens with zero attached hydrogens (tertiary/aromatic N) is 2. The van der Waals surface area contributed by atoms with E-state index in [9.17, 15) is 9.70 Å². The van der Waals surface area contributed by atoms with Crippen molar-refractivity contribution in [2.24, 2.45) is 85.0 Å². The summed E-state index contributed by atoms with van der Waals surface area (Å²) in [6, 6.07) is 0.769. The Bertz CT molecular complexity index is 1300. The maximum Gasteiger partial charge on any atom is 0.308 e. The third kappa shape index (κ3) is 4.31. The zero-order valence-corrected chi connectivity index (χ0v) is 30.8. The van der Waals surface area contributed by atoms with Gasteiger partial charge in [0.1, 0.15) is 0 Å². The number of nitroso groups, excluding NO2 is 1. The molecule has 0 amide bonds. The van der Waals surface area contributed by atoms with Gasteiger partial charge in [-0.25, -0.2) is 0 Å². The maximum absolute atomic E-state index is 13.2. The van der Waals surface area contributed by atoms with Gasteiger partial charge >= 0.3 is 5.97 Å². The van der Waals surface area contributed by atoms with Crippen molar-refractivity contribution in [1.82, 2.24) is 4.90 Å². The van der Waals surface area contributed by atoms with Crippen molar-refractivity contribution in [3.8, 4) is 0 Å². The SMILES string of the molecule is C=CC(C)(CC)[C@@]1(CN=O)C[C@@H]2CCC3C(C)CCC(C(=O)OC)CCC([C@H]4CCC56CCC47CC7(C[C@@H]5N(C)C)C6)C3C3CC32C1. The van der Waals surface area contributed by atoms with Crippen LogP contribution in [0.5, 0.6) is 0 Å². The highest BCUT2D eigenvalue weighted by Crippen LogP contribution is 2.88. The molecule has 5 heteroatoms. The summed E-state index contributed by atoms with van der Waals surface area (Å²) in [7, 11) is 6.32. The predicted molar refractivity (Wildman–Crippen MR) is 188 cm³/mol. The van der Waals surface area contributed by atoms with Crippen LogP contribution in [-0.2, 0) is 9.53 Å². The number of hydrogen-bond donors (Lipinski definition) is 0. The zero-order chi connectivity index (χ0) is 33.2. The standard InChI is InChI=1S/C42H66N2O3/c1-8-37(4,9-2)40(26-43-46)20-29-13-15-30-27(3)10-11-28(36(45)47-7)12-14-31(35(30)33-21-41(29,33)24-40)32-16-17-38-18-19-42(32)25-39(42,23-38)22-34(38)44(5)6/h8,27-35H,1,9-26H2,2-7H3/t27?,28?,29-,30?,31?,32+,33?,34-,35?,37?,38?,39?,40-,41?,42?/m0/s1. The van der Waals surface area contributed by atoms with Gasteiger partial charge in [0.25, 0.3) is 0 Å². The van der Waals surface area contributed by atoms with E-state index in [-0.39, 0.29) is 22.7 Å². The molecule has 0 aromatic carbocycles. The molecule has 0 heterocycles. The van der Waals surface area contributed by atoms with Gasteiger partial charge in [-0.15, -0.1) is 6.58 Å². The van der Waals surface area contributed by atoms with Crippen LogP contribution in [0.15, 0.2) is 17.8 Å². The van der Waals surface area contributed by atoms with Crippen molar-refractivity contribution in [3.05, 3.63) is 17.6 Å². The second-order valence-electron chi connectivity index (χ2n) is 20.0. The highest BCUT2D eigenvalue weighted by Gasteiger charge is 2.81. The first kappa shape index (κ1) is 32.9. The molecule has 0 aromatic rings. The Hall–Kier alpha value is -1.23. The molecule has 0 radical (unpaired) electrons. The van der Waals surface area contributed by atoms with Gasteiger partial charge in [0, 0.05) is 11.5 Å². The van der Waals surface area contributed by atoms with Crippen LogP contribution in [0, 0.1) is 84.7 Å². The summed E-state index contributed by atoms with van der Waals surface area (Å²) in [5.74, 6) is 5.31. The number of hydrogen-bond acceptors (Lipinski definition) is 5. The summed E-state index contributed by atoms with van der Waals surface area (Å²) in [5.41, 5.74) is 1.95. The van der Waals surface area contributed by atoms with Crippen LogP contribution in [0.25, 0.3) is 0 Å². The summed E-state index contributed by atoms with van der Waals surface area (Å²) < 4.78 is 5.45. The van der Waals surface area contributed by atoms with Crippen molar-refractivity contribution in [2.45, 2.75) is 136 Å². The first-order valence-electron chi connectivity index (χ1n) is 20.1. The molecule has 11 unspecified atom stereocenters. The Labute approximate surface area is 286 Å². The molecular weight excluding hydrogens is 580 g/mol. The number of esters is 1. The van der Waals surface area contributed by atoms with Gasteiger partial charge in [-0.3, -0.25) is 4.79 Å². The minimum Gasteiger partial charge on any atom is -0.469 e. The van der Waals surface area contributed by atoms with Crippen LogP contribution < -0.4 is 0 Å². The quantitative estimate of drug-likeness (QED) is 0.150. The Balaban J connectivity index is 1.19. The van der Waals surface area contributed by atoms with Crippen molar-refractivity contribution in [1.29, 1.82) is 0 Å². The van der Waals surface area contributed by atoms with E-state index in [2.05, 4.69) is 57.6 Å². The summed E-state index contributed by atoms with van der Waals surface area (Å²) in [6.45, 7) is 12.0. The van der Waals surface area contributed by atoms with Gasteiger partial charge in [-0.1, -0.05) is 32.0 Å². The molecule has 0 aliphatic heterocycles. The van der Waals surface area contributed by atoms with Crippen LogP contribution in [0.3, 0.4) is 0 Å².